The molecule has 4 aromatic rings. The maximum atomic E-state index is 13.4. The molecule has 1 amide bonds. The second-order valence-electron chi connectivity index (χ2n) is 9.15. The molecule has 35 heavy (non-hydrogen) atoms. The van der Waals surface area contributed by atoms with E-state index in [0.29, 0.717) is 24.3 Å². The summed E-state index contributed by atoms with van der Waals surface area (Å²) in [5, 5.41) is 2.84. The van der Waals surface area contributed by atoms with Crippen LogP contribution in [0, 0.1) is 5.92 Å². The number of carbonyl (C=O) groups is 1. The molecular weight excluding hydrogens is 442 g/mol. The van der Waals surface area contributed by atoms with Crippen molar-refractivity contribution in [2.75, 3.05) is 6.54 Å². The van der Waals surface area contributed by atoms with Gasteiger partial charge in [0.15, 0.2) is 11.2 Å². The van der Waals surface area contributed by atoms with Gasteiger partial charge in [0.1, 0.15) is 6.54 Å². The average Bonchev–Trinajstić information content (AvgIpc) is 3.26. The minimum absolute atomic E-state index is 0.258. The molecule has 4 rings (SSSR count). The number of amides is 1. The minimum Gasteiger partial charge on any atom is -0.355 e. The van der Waals surface area contributed by atoms with Gasteiger partial charge in [-0.25, -0.2) is 14.3 Å². The molecule has 0 bridgehead atoms. The molecular formula is C27H31N5O3. The lowest BCUT2D eigenvalue weighted by molar-refractivity contribution is -0.121. The molecule has 2 aromatic carbocycles. The van der Waals surface area contributed by atoms with Crippen LogP contribution in [-0.4, -0.2) is 31.1 Å². The van der Waals surface area contributed by atoms with Crippen molar-refractivity contribution in [3.8, 4) is 0 Å². The van der Waals surface area contributed by atoms with Crippen LogP contribution in [-0.2, 0) is 30.8 Å². The predicted molar refractivity (Wildman–Crippen MR) is 136 cm³/mol. The highest BCUT2D eigenvalue weighted by atomic mass is 16.2. The molecule has 0 aliphatic carbocycles. The van der Waals surface area contributed by atoms with Gasteiger partial charge in [0.25, 0.3) is 5.56 Å². The SMILES string of the molecule is CC(C)Cn1cnc2c1c(=O)n(CC(=O)NCCCc1ccccc1)c(=O)n2Cc1ccccc1. The van der Waals surface area contributed by atoms with Crippen molar-refractivity contribution in [1.82, 2.24) is 24.0 Å². The van der Waals surface area contributed by atoms with Gasteiger partial charge in [0.05, 0.1) is 12.9 Å². The van der Waals surface area contributed by atoms with E-state index < -0.39 is 11.2 Å². The largest absolute Gasteiger partial charge is 0.355 e. The van der Waals surface area contributed by atoms with Gasteiger partial charge >= 0.3 is 5.69 Å². The maximum absolute atomic E-state index is 13.4. The topological polar surface area (TPSA) is 90.9 Å². The van der Waals surface area contributed by atoms with E-state index in [9.17, 15) is 14.4 Å². The van der Waals surface area contributed by atoms with Crippen molar-refractivity contribution in [2.45, 2.75) is 46.3 Å². The molecule has 0 radical (unpaired) electrons. The van der Waals surface area contributed by atoms with E-state index in [-0.39, 0.29) is 24.9 Å². The highest BCUT2D eigenvalue weighted by Gasteiger charge is 2.20. The fourth-order valence-electron chi connectivity index (χ4n) is 4.18. The van der Waals surface area contributed by atoms with E-state index in [1.165, 1.54) is 10.1 Å². The molecule has 0 unspecified atom stereocenters. The van der Waals surface area contributed by atoms with Crippen molar-refractivity contribution < 1.29 is 4.79 Å². The number of nitrogens with one attached hydrogen (secondary N) is 1. The molecule has 0 aliphatic heterocycles. The normalized spacial score (nSPS) is 11.3. The van der Waals surface area contributed by atoms with Gasteiger partial charge in [-0.1, -0.05) is 74.5 Å². The van der Waals surface area contributed by atoms with Crippen molar-refractivity contribution in [3.05, 3.63) is 99.0 Å². The van der Waals surface area contributed by atoms with E-state index in [1.807, 2.05) is 74.5 Å². The summed E-state index contributed by atoms with van der Waals surface area (Å²) in [5.41, 5.74) is 1.75. The predicted octanol–water partition coefficient (Wildman–Crippen LogP) is 2.81. The highest BCUT2D eigenvalue weighted by Crippen LogP contribution is 2.12. The number of aromatic nitrogens is 4. The summed E-state index contributed by atoms with van der Waals surface area (Å²) in [7, 11) is 0. The molecule has 8 nitrogen and oxygen atoms in total. The maximum Gasteiger partial charge on any atom is 0.333 e. The Bertz CT molecular complexity index is 1400. The van der Waals surface area contributed by atoms with E-state index in [1.54, 1.807) is 10.9 Å². The number of hydrogen-bond donors (Lipinski definition) is 1. The minimum atomic E-state index is -0.541. The number of nitrogens with zero attached hydrogens (tertiary/aromatic N) is 4. The standard InChI is InChI=1S/C27H31N5O3/c1-20(2)16-30-19-29-25-24(30)26(34)32(27(35)31(25)17-22-12-7-4-8-13-22)18-23(33)28-15-9-14-21-10-5-3-6-11-21/h3-8,10-13,19-20H,9,14-18H2,1-2H3,(H,28,33). The quantitative estimate of drug-likeness (QED) is 0.359. The van der Waals surface area contributed by atoms with Crippen LogP contribution in [0.3, 0.4) is 0 Å². The van der Waals surface area contributed by atoms with E-state index in [2.05, 4.69) is 10.3 Å². The zero-order valence-electron chi connectivity index (χ0n) is 20.2. The van der Waals surface area contributed by atoms with Gasteiger partial charge in [-0.05, 0) is 29.9 Å². The van der Waals surface area contributed by atoms with Crippen molar-refractivity contribution in [1.29, 1.82) is 0 Å². The van der Waals surface area contributed by atoms with Crippen LogP contribution in [0.2, 0.25) is 0 Å². The number of benzene rings is 2. The van der Waals surface area contributed by atoms with Crippen molar-refractivity contribution >= 4 is 17.1 Å². The van der Waals surface area contributed by atoms with Crippen LogP contribution < -0.4 is 16.6 Å². The first kappa shape index (κ1) is 24.2. The van der Waals surface area contributed by atoms with E-state index >= 15 is 0 Å². The summed E-state index contributed by atoms with van der Waals surface area (Å²) in [4.78, 5) is 43.9. The molecule has 2 aromatic heterocycles. The van der Waals surface area contributed by atoms with Gasteiger partial charge in [0, 0.05) is 13.1 Å². The zero-order valence-corrected chi connectivity index (χ0v) is 20.2. The lowest BCUT2D eigenvalue weighted by Crippen LogP contribution is -2.44. The second kappa shape index (κ2) is 11.0. The fourth-order valence-corrected chi connectivity index (χ4v) is 4.18. The van der Waals surface area contributed by atoms with Gasteiger partial charge in [0.2, 0.25) is 5.91 Å². The van der Waals surface area contributed by atoms with Crippen molar-refractivity contribution in [2.24, 2.45) is 5.92 Å². The third kappa shape index (κ3) is 5.77. The summed E-state index contributed by atoms with van der Waals surface area (Å²) in [6, 6.07) is 19.6. The van der Waals surface area contributed by atoms with Gasteiger partial charge < -0.3 is 9.88 Å². The number of fused-ring (bicyclic) bond motifs is 1. The Morgan fingerprint density at radius 3 is 2.26 bits per heavy atom. The van der Waals surface area contributed by atoms with Gasteiger partial charge in [-0.15, -0.1) is 0 Å². The monoisotopic (exact) mass is 473 g/mol. The number of hydrogen-bond acceptors (Lipinski definition) is 4. The Morgan fingerprint density at radius 2 is 1.60 bits per heavy atom. The number of aryl methyl sites for hydroxylation is 1. The molecule has 182 valence electrons. The zero-order chi connectivity index (χ0) is 24.8. The molecule has 8 heteroatoms. The fraction of sp³-hybridized carbons (Fsp3) is 0.333. The van der Waals surface area contributed by atoms with E-state index in [4.69, 9.17) is 0 Å². The molecule has 2 heterocycles. The van der Waals surface area contributed by atoms with Crippen LogP contribution in [0.4, 0.5) is 0 Å². The van der Waals surface area contributed by atoms with Crippen LogP contribution in [0.1, 0.15) is 31.4 Å². The number of carbonyl (C=O) groups excluding carboxylic acids is 1. The smallest absolute Gasteiger partial charge is 0.333 e. The molecule has 0 saturated heterocycles. The Hall–Kier alpha value is -3.94. The summed E-state index contributed by atoms with van der Waals surface area (Å²) in [5.74, 6) is -0.0829. The van der Waals surface area contributed by atoms with E-state index in [0.717, 1.165) is 23.0 Å². The first-order valence-electron chi connectivity index (χ1n) is 12.0. The first-order valence-corrected chi connectivity index (χ1v) is 12.0. The molecule has 0 aliphatic rings. The summed E-state index contributed by atoms with van der Waals surface area (Å²) < 4.78 is 4.28. The van der Waals surface area contributed by atoms with Crippen LogP contribution >= 0.6 is 0 Å². The van der Waals surface area contributed by atoms with Crippen molar-refractivity contribution in [3.63, 3.8) is 0 Å². The average molecular weight is 474 g/mol. The Balaban J connectivity index is 1.60. The molecule has 1 N–H and O–H groups in total. The van der Waals surface area contributed by atoms with Crippen LogP contribution in [0.5, 0.6) is 0 Å². The number of imidazole rings is 1. The third-order valence-electron chi connectivity index (χ3n) is 5.84. The number of rotatable bonds is 10. The van der Waals surface area contributed by atoms with Gasteiger partial charge in [-0.2, -0.15) is 0 Å². The molecule has 0 atom stereocenters. The lowest BCUT2D eigenvalue weighted by Gasteiger charge is -2.13. The first-order chi connectivity index (χ1) is 16.9. The molecule has 0 saturated carbocycles. The molecule has 0 fully saturated rings. The van der Waals surface area contributed by atoms with Crippen LogP contribution in [0.25, 0.3) is 11.2 Å². The van der Waals surface area contributed by atoms with Gasteiger partial charge in [-0.3, -0.25) is 14.2 Å². The summed E-state index contributed by atoms with van der Waals surface area (Å²) >= 11 is 0. The second-order valence-corrected chi connectivity index (χ2v) is 9.15. The Labute approximate surface area is 203 Å². The van der Waals surface area contributed by atoms with Crippen LogP contribution in [0.15, 0.2) is 76.6 Å². The molecule has 0 spiro atoms. The third-order valence-corrected chi connectivity index (χ3v) is 5.84. The Kier molecular flexibility index (Phi) is 7.60. The summed E-state index contributed by atoms with van der Waals surface area (Å²) in [6.45, 7) is 5.07. The lowest BCUT2D eigenvalue weighted by atomic mass is 10.1. The summed E-state index contributed by atoms with van der Waals surface area (Å²) in [6.07, 6.45) is 3.20. The highest BCUT2D eigenvalue weighted by molar-refractivity contribution is 5.76. The Morgan fingerprint density at radius 1 is 0.943 bits per heavy atom.